The third-order valence-corrected chi connectivity index (χ3v) is 1.95. The predicted octanol–water partition coefficient (Wildman–Crippen LogP) is 0.182. The van der Waals surface area contributed by atoms with Gasteiger partial charge in [-0.25, -0.2) is 0 Å². The van der Waals surface area contributed by atoms with Crippen LogP contribution in [0.1, 0.15) is 26.7 Å². The normalized spacial score (nSPS) is 11.5. The van der Waals surface area contributed by atoms with Crippen LogP contribution in [0.25, 0.3) is 0 Å². The number of carbonyl (C=O) groups excluding carboxylic acids is 1. The Balaban J connectivity index is 3.77. The SMILES string of the molecule is CNCCCN(C)C(=O)CC(C)(C)N. The highest BCUT2D eigenvalue weighted by atomic mass is 16.2. The molecule has 0 aromatic carbocycles. The Morgan fingerprint density at radius 3 is 2.50 bits per heavy atom. The highest BCUT2D eigenvalue weighted by Gasteiger charge is 2.18. The van der Waals surface area contributed by atoms with Crippen molar-refractivity contribution in [3.63, 3.8) is 0 Å². The lowest BCUT2D eigenvalue weighted by Gasteiger charge is -2.23. The van der Waals surface area contributed by atoms with Crippen LogP contribution in [0.5, 0.6) is 0 Å². The third-order valence-electron chi connectivity index (χ3n) is 1.95. The van der Waals surface area contributed by atoms with Crippen LogP contribution in [0.4, 0.5) is 0 Å². The molecule has 0 aliphatic heterocycles. The van der Waals surface area contributed by atoms with Crippen LogP contribution in [-0.4, -0.2) is 43.5 Å². The molecule has 0 fully saturated rings. The van der Waals surface area contributed by atoms with E-state index in [-0.39, 0.29) is 5.91 Å². The first-order chi connectivity index (χ1) is 6.37. The van der Waals surface area contributed by atoms with Crippen LogP contribution in [0, 0.1) is 0 Å². The maximum Gasteiger partial charge on any atom is 0.224 e. The topological polar surface area (TPSA) is 58.4 Å². The summed E-state index contributed by atoms with van der Waals surface area (Å²) in [5.74, 6) is 0.119. The van der Waals surface area contributed by atoms with Crippen molar-refractivity contribution in [3.8, 4) is 0 Å². The lowest BCUT2D eigenvalue weighted by Crippen LogP contribution is -2.40. The minimum absolute atomic E-state index is 0.119. The molecule has 0 radical (unpaired) electrons. The maximum absolute atomic E-state index is 11.6. The third kappa shape index (κ3) is 6.86. The van der Waals surface area contributed by atoms with Crippen LogP contribution >= 0.6 is 0 Å². The number of carbonyl (C=O) groups is 1. The second-order valence-corrected chi connectivity index (χ2v) is 4.44. The first-order valence-corrected chi connectivity index (χ1v) is 5.04. The molecule has 0 saturated carbocycles. The summed E-state index contributed by atoms with van der Waals surface area (Å²) in [7, 11) is 3.73. The van der Waals surface area contributed by atoms with Crippen LogP contribution in [0.15, 0.2) is 0 Å². The maximum atomic E-state index is 11.6. The van der Waals surface area contributed by atoms with Gasteiger partial charge in [0.15, 0.2) is 0 Å². The molecule has 0 aliphatic rings. The predicted molar refractivity (Wildman–Crippen MR) is 59.1 cm³/mol. The zero-order valence-corrected chi connectivity index (χ0v) is 9.76. The van der Waals surface area contributed by atoms with Gasteiger partial charge in [-0.05, 0) is 33.9 Å². The second-order valence-electron chi connectivity index (χ2n) is 4.44. The molecule has 4 nitrogen and oxygen atoms in total. The van der Waals surface area contributed by atoms with E-state index in [1.54, 1.807) is 4.90 Å². The minimum atomic E-state index is -0.408. The van der Waals surface area contributed by atoms with E-state index in [2.05, 4.69) is 5.32 Å². The van der Waals surface area contributed by atoms with Crippen LogP contribution in [-0.2, 0) is 4.79 Å². The Bertz CT molecular complexity index is 175. The van der Waals surface area contributed by atoms with Crippen molar-refractivity contribution in [1.29, 1.82) is 0 Å². The molecule has 0 spiro atoms. The van der Waals surface area contributed by atoms with E-state index >= 15 is 0 Å². The average Bonchev–Trinajstić information content (AvgIpc) is 2.01. The number of nitrogens with zero attached hydrogens (tertiary/aromatic N) is 1. The zero-order chi connectivity index (χ0) is 11.2. The Morgan fingerprint density at radius 1 is 1.50 bits per heavy atom. The Labute approximate surface area is 86.8 Å². The summed E-state index contributed by atoms with van der Waals surface area (Å²) in [6.07, 6.45) is 1.38. The monoisotopic (exact) mass is 201 g/mol. The summed E-state index contributed by atoms with van der Waals surface area (Å²) in [5, 5.41) is 3.05. The highest BCUT2D eigenvalue weighted by molar-refractivity contribution is 5.76. The smallest absolute Gasteiger partial charge is 0.224 e. The molecule has 0 aromatic rings. The number of amides is 1. The van der Waals surface area contributed by atoms with Gasteiger partial charge in [0.05, 0.1) is 0 Å². The lowest BCUT2D eigenvalue weighted by atomic mass is 10.0. The van der Waals surface area contributed by atoms with Crippen molar-refractivity contribution in [2.75, 3.05) is 27.2 Å². The van der Waals surface area contributed by atoms with E-state index < -0.39 is 5.54 Å². The van der Waals surface area contributed by atoms with Crippen molar-refractivity contribution in [1.82, 2.24) is 10.2 Å². The molecule has 1 amide bonds. The van der Waals surface area contributed by atoms with E-state index in [1.165, 1.54) is 0 Å². The van der Waals surface area contributed by atoms with Gasteiger partial charge in [-0.2, -0.15) is 0 Å². The zero-order valence-electron chi connectivity index (χ0n) is 9.76. The first kappa shape index (κ1) is 13.4. The van der Waals surface area contributed by atoms with Crippen molar-refractivity contribution in [3.05, 3.63) is 0 Å². The van der Waals surface area contributed by atoms with Crippen molar-refractivity contribution >= 4 is 5.91 Å². The number of nitrogens with two attached hydrogens (primary N) is 1. The van der Waals surface area contributed by atoms with Crippen molar-refractivity contribution in [2.24, 2.45) is 5.73 Å². The summed E-state index contributed by atoms with van der Waals surface area (Å²) in [4.78, 5) is 13.3. The van der Waals surface area contributed by atoms with Gasteiger partial charge in [0.25, 0.3) is 0 Å². The molecule has 3 N–H and O–H groups in total. The lowest BCUT2D eigenvalue weighted by molar-refractivity contribution is -0.130. The molecule has 0 saturated heterocycles. The highest BCUT2D eigenvalue weighted by Crippen LogP contribution is 2.05. The number of hydrogen-bond acceptors (Lipinski definition) is 3. The van der Waals surface area contributed by atoms with E-state index in [0.29, 0.717) is 6.42 Å². The summed E-state index contributed by atoms with van der Waals surface area (Å²) in [5.41, 5.74) is 5.36. The first-order valence-electron chi connectivity index (χ1n) is 5.04. The molecule has 0 aromatic heterocycles. The molecule has 0 atom stereocenters. The van der Waals surface area contributed by atoms with E-state index in [0.717, 1.165) is 19.5 Å². The van der Waals surface area contributed by atoms with Gasteiger partial charge in [-0.15, -0.1) is 0 Å². The van der Waals surface area contributed by atoms with Crippen LogP contribution in [0.2, 0.25) is 0 Å². The summed E-state index contributed by atoms with van der Waals surface area (Å²) >= 11 is 0. The molecule has 0 heterocycles. The molecule has 0 bridgehead atoms. The Kier molecular flexibility index (Phi) is 5.72. The Morgan fingerprint density at radius 2 is 2.07 bits per heavy atom. The molecule has 84 valence electrons. The molecule has 0 aliphatic carbocycles. The quantitative estimate of drug-likeness (QED) is 0.603. The van der Waals surface area contributed by atoms with Gasteiger partial charge in [-0.3, -0.25) is 4.79 Å². The molecular weight excluding hydrogens is 178 g/mol. The molecule has 14 heavy (non-hydrogen) atoms. The molecular formula is C10H23N3O. The fourth-order valence-electron chi connectivity index (χ4n) is 1.14. The van der Waals surface area contributed by atoms with E-state index in [1.807, 2.05) is 27.9 Å². The molecule has 0 unspecified atom stereocenters. The van der Waals surface area contributed by atoms with Gasteiger partial charge < -0.3 is 16.0 Å². The molecule has 0 rings (SSSR count). The van der Waals surface area contributed by atoms with Gasteiger partial charge in [0, 0.05) is 25.6 Å². The molecule has 4 heteroatoms. The van der Waals surface area contributed by atoms with Crippen molar-refractivity contribution in [2.45, 2.75) is 32.2 Å². The summed E-state index contributed by atoms with van der Waals surface area (Å²) in [6.45, 7) is 5.46. The largest absolute Gasteiger partial charge is 0.346 e. The van der Waals surface area contributed by atoms with Gasteiger partial charge >= 0.3 is 0 Å². The fourth-order valence-corrected chi connectivity index (χ4v) is 1.14. The van der Waals surface area contributed by atoms with Crippen LogP contribution < -0.4 is 11.1 Å². The number of rotatable bonds is 6. The van der Waals surface area contributed by atoms with Crippen LogP contribution in [0.3, 0.4) is 0 Å². The van der Waals surface area contributed by atoms with E-state index in [9.17, 15) is 4.79 Å². The second kappa shape index (κ2) is 5.98. The summed E-state index contributed by atoms with van der Waals surface area (Å²) < 4.78 is 0. The average molecular weight is 201 g/mol. The Hall–Kier alpha value is -0.610. The van der Waals surface area contributed by atoms with Gasteiger partial charge in [0.1, 0.15) is 0 Å². The fraction of sp³-hybridized carbons (Fsp3) is 0.900. The number of hydrogen-bond donors (Lipinski definition) is 2. The standard InChI is InChI=1S/C10H23N3O/c1-10(2,11)8-9(14)13(4)7-5-6-12-3/h12H,5-8,11H2,1-4H3. The summed E-state index contributed by atoms with van der Waals surface area (Å²) in [6, 6.07) is 0. The van der Waals surface area contributed by atoms with E-state index in [4.69, 9.17) is 5.73 Å². The van der Waals surface area contributed by atoms with Gasteiger partial charge in [0.2, 0.25) is 5.91 Å². The van der Waals surface area contributed by atoms with Crippen molar-refractivity contribution < 1.29 is 4.79 Å². The van der Waals surface area contributed by atoms with Gasteiger partial charge in [-0.1, -0.05) is 0 Å². The number of nitrogens with one attached hydrogen (secondary N) is 1. The minimum Gasteiger partial charge on any atom is -0.346 e.